The highest BCUT2D eigenvalue weighted by atomic mass is 16.5. The highest BCUT2D eigenvalue weighted by Gasteiger charge is 2.49. The van der Waals surface area contributed by atoms with Gasteiger partial charge in [0.1, 0.15) is 17.8 Å². The number of hydrogen-bond donors (Lipinski definition) is 3. The van der Waals surface area contributed by atoms with Crippen molar-refractivity contribution in [1.29, 1.82) is 0 Å². The van der Waals surface area contributed by atoms with E-state index in [0.29, 0.717) is 41.7 Å². The van der Waals surface area contributed by atoms with Gasteiger partial charge in [-0.25, -0.2) is 4.79 Å². The Balaban J connectivity index is 1.37. The second kappa shape index (κ2) is 10.1. The third-order valence-corrected chi connectivity index (χ3v) is 5.98. The van der Waals surface area contributed by atoms with Crippen LogP contribution in [0.2, 0.25) is 0 Å². The number of imide groups is 1. The topological polar surface area (TPSA) is 135 Å². The van der Waals surface area contributed by atoms with Crippen molar-refractivity contribution in [1.82, 2.24) is 15.5 Å². The van der Waals surface area contributed by atoms with E-state index in [9.17, 15) is 19.2 Å². The Hall–Kier alpha value is -4.28. The minimum absolute atomic E-state index is 0.348. The number of amides is 5. The summed E-state index contributed by atoms with van der Waals surface area (Å²) in [5, 5.41) is 7.77. The summed E-state index contributed by atoms with van der Waals surface area (Å²) in [5.74, 6) is -0.205. The van der Waals surface area contributed by atoms with Gasteiger partial charge in [0.05, 0.1) is 32.6 Å². The molecule has 0 saturated carbocycles. The van der Waals surface area contributed by atoms with Crippen molar-refractivity contribution in [3.05, 3.63) is 47.5 Å². The number of methoxy groups -OCH3 is 1. The standard InChI is InChI=1S/C25H28N4O7/c1-15-5-7-18(34-3)17(11-15)27-21(30)13-26-22(31)14-29-23(32)25(2,28-24(29)33)16-6-8-19-20(12-16)36-10-4-9-35-19/h5-8,11-12H,4,9-10,13-14H2,1-3H3,(H,26,31)(H,27,30)(H,28,33). The smallest absolute Gasteiger partial charge is 0.325 e. The molecule has 11 nitrogen and oxygen atoms in total. The van der Waals surface area contributed by atoms with Gasteiger partial charge in [0.25, 0.3) is 5.91 Å². The summed E-state index contributed by atoms with van der Waals surface area (Å²) in [5.41, 5.74) is 0.503. The van der Waals surface area contributed by atoms with Crippen molar-refractivity contribution in [2.24, 2.45) is 0 Å². The van der Waals surface area contributed by atoms with E-state index in [-0.39, 0.29) is 6.54 Å². The summed E-state index contributed by atoms with van der Waals surface area (Å²) in [6.07, 6.45) is 0.733. The third-order valence-electron chi connectivity index (χ3n) is 5.98. The lowest BCUT2D eigenvalue weighted by Crippen LogP contribution is -2.44. The summed E-state index contributed by atoms with van der Waals surface area (Å²) < 4.78 is 16.5. The Morgan fingerprint density at radius 2 is 1.83 bits per heavy atom. The fraction of sp³-hybridized carbons (Fsp3) is 0.360. The third kappa shape index (κ3) is 5.04. The predicted octanol–water partition coefficient (Wildman–Crippen LogP) is 1.69. The Labute approximate surface area is 208 Å². The lowest BCUT2D eigenvalue weighted by atomic mass is 9.91. The quantitative estimate of drug-likeness (QED) is 0.497. The van der Waals surface area contributed by atoms with Crippen molar-refractivity contribution >= 4 is 29.4 Å². The SMILES string of the molecule is COc1ccc(C)cc1NC(=O)CNC(=O)CN1C(=O)NC(C)(c2ccc3c(c2)OCCCO3)C1=O. The number of ether oxygens (including phenoxy) is 3. The molecule has 0 aromatic heterocycles. The molecule has 1 saturated heterocycles. The van der Waals surface area contributed by atoms with E-state index in [4.69, 9.17) is 14.2 Å². The Bertz CT molecular complexity index is 1210. The van der Waals surface area contributed by atoms with Gasteiger partial charge in [-0.3, -0.25) is 19.3 Å². The normalized spacial score (nSPS) is 18.8. The minimum atomic E-state index is -1.39. The van der Waals surface area contributed by atoms with Crippen LogP contribution in [0.1, 0.15) is 24.5 Å². The second-order valence-electron chi connectivity index (χ2n) is 8.69. The molecule has 1 atom stereocenters. The number of hydrogen-bond acceptors (Lipinski definition) is 7. The van der Waals surface area contributed by atoms with Crippen molar-refractivity contribution in [2.75, 3.05) is 38.7 Å². The first-order valence-corrected chi connectivity index (χ1v) is 11.5. The van der Waals surface area contributed by atoms with Gasteiger partial charge in [0.15, 0.2) is 11.5 Å². The average molecular weight is 497 g/mol. The zero-order chi connectivity index (χ0) is 25.9. The predicted molar refractivity (Wildman–Crippen MR) is 129 cm³/mol. The molecule has 2 heterocycles. The largest absolute Gasteiger partial charge is 0.495 e. The average Bonchev–Trinajstić information content (AvgIpc) is 3.01. The van der Waals surface area contributed by atoms with Gasteiger partial charge in [-0.05, 0) is 49.2 Å². The molecule has 1 fully saturated rings. The Morgan fingerprint density at radius 3 is 2.58 bits per heavy atom. The highest BCUT2D eigenvalue weighted by Crippen LogP contribution is 2.36. The zero-order valence-corrected chi connectivity index (χ0v) is 20.3. The second-order valence-corrected chi connectivity index (χ2v) is 8.69. The van der Waals surface area contributed by atoms with Crippen molar-refractivity contribution in [3.8, 4) is 17.2 Å². The van der Waals surface area contributed by atoms with Gasteiger partial charge in [-0.15, -0.1) is 0 Å². The molecular weight excluding hydrogens is 468 g/mol. The Morgan fingerprint density at radius 1 is 1.08 bits per heavy atom. The molecule has 0 spiro atoms. The number of nitrogens with one attached hydrogen (secondary N) is 3. The molecule has 11 heteroatoms. The van der Waals surface area contributed by atoms with Crippen LogP contribution < -0.4 is 30.2 Å². The van der Waals surface area contributed by atoms with Crippen LogP contribution in [0.25, 0.3) is 0 Å². The van der Waals surface area contributed by atoms with Crippen LogP contribution in [0.4, 0.5) is 10.5 Å². The van der Waals surface area contributed by atoms with E-state index in [1.165, 1.54) is 7.11 Å². The lowest BCUT2D eigenvalue weighted by molar-refractivity contribution is -0.135. The van der Waals surface area contributed by atoms with Gasteiger partial charge in [-0.2, -0.15) is 0 Å². The Kier molecular flexibility index (Phi) is 7.00. The van der Waals surface area contributed by atoms with Gasteiger partial charge in [-0.1, -0.05) is 12.1 Å². The molecule has 0 aliphatic carbocycles. The number of carbonyl (C=O) groups excluding carboxylic acids is 4. The van der Waals surface area contributed by atoms with Crippen LogP contribution in [0.15, 0.2) is 36.4 Å². The molecule has 0 bridgehead atoms. The van der Waals surface area contributed by atoms with Crippen LogP contribution in [0.5, 0.6) is 17.2 Å². The van der Waals surface area contributed by atoms with Crippen LogP contribution in [0, 0.1) is 6.92 Å². The zero-order valence-electron chi connectivity index (χ0n) is 20.3. The molecular formula is C25H28N4O7. The van der Waals surface area contributed by atoms with Gasteiger partial charge in [0, 0.05) is 6.42 Å². The molecule has 3 N–H and O–H groups in total. The first kappa shape index (κ1) is 24.8. The number of aryl methyl sites for hydroxylation is 1. The minimum Gasteiger partial charge on any atom is -0.495 e. The van der Waals surface area contributed by atoms with E-state index in [1.807, 2.05) is 13.0 Å². The summed E-state index contributed by atoms with van der Waals surface area (Å²) in [6, 6.07) is 9.63. The van der Waals surface area contributed by atoms with Crippen molar-refractivity contribution in [3.63, 3.8) is 0 Å². The molecule has 0 radical (unpaired) electrons. The number of fused-ring (bicyclic) bond motifs is 1. The highest BCUT2D eigenvalue weighted by molar-refractivity contribution is 6.09. The van der Waals surface area contributed by atoms with Crippen molar-refractivity contribution in [2.45, 2.75) is 25.8 Å². The molecule has 1 unspecified atom stereocenters. The number of urea groups is 1. The van der Waals surface area contributed by atoms with Crippen LogP contribution >= 0.6 is 0 Å². The maximum Gasteiger partial charge on any atom is 0.325 e. The van der Waals surface area contributed by atoms with Crippen LogP contribution in [-0.4, -0.2) is 62.1 Å². The molecule has 2 aliphatic heterocycles. The monoisotopic (exact) mass is 496 g/mol. The van der Waals surface area contributed by atoms with E-state index in [0.717, 1.165) is 16.9 Å². The first-order chi connectivity index (χ1) is 17.2. The molecule has 2 aromatic rings. The molecule has 2 aromatic carbocycles. The maximum absolute atomic E-state index is 13.2. The summed E-state index contributed by atoms with van der Waals surface area (Å²) >= 11 is 0. The fourth-order valence-electron chi connectivity index (χ4n) is 4.00. The number of nitrogens with zero attached hydrogens (tertiary/aromatic N) is 1. The van der Waals surface area contributed by atoms with Crippen molar-refractivity contribution < 1.29 is 33.4 Å². The number of carbonyl (C=O) groups is 4. The lowest BCUT2D eigenvalue weighted by Gasteiger charge is -2.23. The maximum atomic E-state index is 13.2. The molecule has 2 aliphatic rings. The number of benzene rings is 2. The number of anilines is 1. The number of rotatable bonds is 7. The van der Waals surface area contributed by atoms with E-state index in [2.05, 4.69) is 16.0 Å². The van der Waals surface area contributed by atoms with E-state index in [1.54, 1.807) is 37.3 Å². The molecule has 36 heavy (non-hydrogen) atoms. The van der Waals surface area contributed by atoms with Gasteiger partial charge in [0.2, 0.25) is 11.8 Å². The summed E-state index contributed by atoms with van der Waals surface area (Å²) in [4.78, 5) is 51.4. The van der Waals surface area contributed by atoms with Gasteiger partial charge < -0.3 is 30.2 Å². The fourth-order valence-corrected chi connectivity index (χ4v) is 4.00. The van der Waals surface area contributed by atoms with Crippen LogP contribution in [-0.2, 0) is 19.9 Å². The molecule has 190 valence electrons. The summed E-state index contributed by atoms with van der Waals surface area (Å²) in [7, 11) is 1.49. The van der Waals surface area contributed by atoms with E-state index < -0.39 is 35.8 Å². The molecule has 5 amide bonds. The first-order valence-electron chi connectivity index (χ1n) is 11.5. The van der Waals surface area contributed by atoms with Gasteiger partial charge >= 0.3 is 6.03 Å². The summed E-state index contributed by atoms with van der Waals surface area (Å²) in [6.45, 7) is 3.55. The molecule has 4 rings (SSSR count). The van der Waals surface area contributed by atoms with E-state index >= 15 is 0 Å². The van der Waals surface area contributed by atoms with Crippen LogP contribution in [0.3, 0.4) is 0 Å².